The van der Waals surface area contributed by atoms with Crippen LogP contribution in [0.4, 0.5) is 0 Å². The van der Waals surface area contributed by atoms with Crippen LogP contribution in [0.15, 0.2) is 4.79 Å². The predicted octanol–water partition coefficient (Wildman–Crippen LogP) is 0.512. The Kier molecular flexibility index (Phi) is 3.58. The van der Waals surface area contributed by atoms with E-state index in [4.69, 9.17) is 10.8 Å². The van der Waals surface area contributed by atoms with Crippen LogP contribution in [-0.4, -0.2) is 26.5 Å². The zero-order valence-corrected chi connectivity index (χ0v) is 11.8. The molecule has 7 nitrogen and oxygen atoms in total. The van der Waals surface area contributed by atoms with Gasteiger partial charge in [0.1, 0.15) is 17.2 Å². The number of rotatable bonds is 4. The van der Waals surface area contributed by atoms with Gasteiger partial charge in [0.05, 0.1) is 10.3 Å². The van der Waals surface area contributed by atoms with Gasteiger partial charge in [-0.1, -0.05) is 6.92 Å². The van der Waals surface area contributed by atoms with Gasteiger partial charge in [-0.25, -0.2) is 4.98 Å². The van der Waals surface area contributed by atoms with E-state index < -0.39 is 24.0 Å². The maximum atomic E-state index is 12.4. The van der Waals surface area contributed by atoms with Crippen LogP contribution in [0.25, 0.3) is 10.2 Å². The fraction of sp³-hybridized carbons (Fsp3) is 0.333. The van der Waals surface area contributed by atoms with E-state index in [0.29, 0.717) is 22.6 Å². The molecule has 0 unspecified atom stereocenters. The molecular weight excluding hydrogens is 282 g/mol. The number of fused-ring (bicyclic) bond motifs is 1. The third-order valence-electron chi connectivity index (χ3n) is 2.96. The lowest BCUT2D eigenvalue weighted by atomic mass is 10.2. The van der Waals surface area contributed by atoms with E-state index in [0.717, 1.165) is 15.9 Å². The summed E-state index contributed by atoms with van der Waals surface area (Å²) in [5, 5.41) is 9.15. The number of carbonyl (C=O) groups excluding carboxylic acids is 1. The van der Waals surface area contributed by atoms with E-state index in [1.807, 2.05) is 0 Å². The van der Waals surface area contributed by atoms with Crippen molar-refractivity contribution in [2.24, 2.45) is 5.73 Å². The molecule has 106 valence electrons. The van der Waals surface area contributed by atoms with Gasteiger partial charge in [-0.2, -0.15) is 0 Å². The second-order valence-corrected chi connectivity index (χ2v) is 5.27. The topological polar surface area (TPSA) is 115 Å². The van der Waals surface area contributed by atoms with Crippen molar-refractivity contribution in [3.63, 3.8) is 0 Å². The Labute approximate surface area is 117 Å². The number of amides is 1. The summed E-state index contributed by atoms with van der Waals surface area (Å²) in [4.78, 5) is 39.6. The summed E-state index contributed by atoms with van der Waals surface area (Å²) < 4.78 is 1.12. The smallest absolute Gasteiger partial charge is 0.323 e. The van der Waals surface area contributed by atoms with Gasteiger partial charge in [-0.05, 0) is 12.5 Å². The average molecular weight is 295 g/mol. The highest BCUT2D eigenvalue weighted by atomic mass is 32.1. The molecule has 0 bridgehead atoms. The minimum atomic E-state index is -1.12. The zero-order chi connectivity index (χ0) is 15.0. The van der Waals surface area contributed by atoms with Crippen LogP contribution in [-0.2, 0) is 17.8 Å². The van der Waals surface area contributed by atoms with E-state index >= 15 is 0 Å². The number of aryl methyl sites for hydroxylation is 2. The minimum absolute atomic E-state index is 0.266. The number of hydrogen-bond donors (Lipinski definition) is 2. The molecule has 20 heavy (non-hydrogen) atoms. The Morgan fingerprint density at radius 2 is 2.10 bits per heavy atom. The van der Waals surface area contributed by atoms with Crippen molar-refractivity contribution in [1.82, 2.24) is 9.55 Å². The first-order valence-corrected chi connectivity index (χ1v) is 6.72. The maximum absolute atomic E-state index is 12.4. The number of thiophene rings is 1. The molecule has 0 saturated carbocycles. The molecular formula is C12H13N3O4S. The van der Waals surface area contributed by atoms with E-state index in [2.05, 4.69) is 4.98 Å². The molecule has 0 aliphatic heterocycles. The predicted molar refractivity (Wildman–Crippen MR) is 74.1 cm³/mol. The number of nitrogens with zero attached hydrogens (tertiary/aromatic N) is 2. The highest BCUT2D eigenvalue weighted by Gasteiger charge is 2.20. The van der Waals surface area contributed by atoms with E-state index in [9.17, 15) is 14.4 Å². The van der Waals surface area contributed by atoms with Gasteiger partial charge in [-0.3, -0.25) is 19.0 Å². The summed E-state index contributed by atoms with van der Waals surface area (Å²) in [5.41, 5.74) is 5.27. The van der Waals surface area contributed by atoms with Crippen LogP contribution in [0.2, 0.25) is 0 Å². The van der Waals surface area contributed by atoms with Gasteiger partial charge in [0.25, 0.3) is 11.5 Å². The Morgan fingerprint density at radius 1 is 1.45 bits per heavy atom. The van der Waals surface area contributed by atoms with Crippen LogP contribution in [0.3, 0.4) is 0 Å². The Hall–Kier alpha value is -2.22. The first-order valence-electron chi connectivity index (χ1n) is 5.91. The molecule has 2 aromatic rings. The maximum Gasteiger partial charge on any atom is 0.323 e. The fourth-order valence-corrected chi connectivity index (χ4v) is 3.10. The number of primary amides is 1. The summed E-state index contributed by atoms with van der Waals surface area (Å²) in [5.74, 6) is -1.36. The SMILES string of the molecule is CCc1nc2sc(C(N)=O)c(C)c2c(=O)n1CC(=O)O. The standard InChI is InChI=1S/C12H13N3O4S/c1-3-6-14-11-8(5(2)9(20-11)10(13)18)12(19)15(6)4-7(16)17/h3-4H2,1-2H3,(H2,13,18)(H,16,17). The summed E-state index contributed by atoms with van der Waals surface area (Å²) in [7, 11) is 0. The van der Waals surface area contributed by atoms with Crippen molar-refractivity contribution in [1.29, 1.82) is 0 Å². The largest absolute Gasteiger partial charge is 0.480 e. The van der Waals surface area contributed by atoms with Gasteiger partial charge in [0.2, 0.25) is 0 Å². The third-order valence-corrected chi connectivity index (χ3v) is 4.16. The Morgan fingerprint density at radius 3 is 2.60 bits per heavy atom. The van der Waals surface area contributed by atoms with Gasteiger partial charge < -0.3 is 10.8 Å². The van der Waals surface area contributed by atoms with E-state index in [1.54, 1.807) is 13.8 Å². The van der Waals surface area contributed by atoms with E-state index in [1.165, 1.54) is 0 Å². The van der Waals surface area contributed by atoms with Crippen molar-refractivity contribution in [3.8, 4) is 0 Å². The summed E-state index contributed by atoms with van der Waals surface area (Å²) in [6, 6.07) is 0. The highest BCUT2D eigenvalue weighted by Crippen LogP contribution is 2.26. The number of nitrogens with two attached hydrogens (primary N) is 1. The lowest BCUT2D eigenvalue weighted by Gasteiger charge is -2.08. The van der Waals surface area contributed by atoms with Crippen molar-refractivity contribution < 1.29 is 14.7 Å². The summed E-state index contributed by atoms with van der Waals surface area (Å²) in [6.07, 6.45) is 0.418. The van der Waals surface area contributed by atoms with Gasteiger partial charge in [0, 0.05) is 6.42 Å². The highest BCUT2D eigenvalue weighted by molar-refractivity contribution is 7.20. The van der Waals surface area contributed by atoms with Crippen molar-refractivity contribution in [2.45, 2.75) is 26.8 Å². The number of carboxylic acid groups (broad SMARTS) is 1. The quantitative estimate of drug-likeness (QED) is 0.852. The molecule has 0 fully saturated rings. The Balaban J connectivity index is 2.85. The molecule has 0 aromatic carbocycles. The van der Waals surface area contributed by atoms with Crippen LogP contribution < -0.4 is 11.3 Å². The van der Waals surface area contributed by atoms with E-state index in [-0.39, 0.29) is 10.3 Å². The zero-order valence-electron chi connectivity index (χ0n) is 11.0. The minimum Gasteiger partial charge on any atom is -0.480 e. The number of carbonyl (C=O) groups is 2. The first kappa shape index (κ1) is 14.2. The second-order valence-electron chi connectivity index (χ2n) is 4.27. The van der Waals surface area contributed by atoms with Crippen LogP contribution >= 0.6 is 11.3 Å². The van der Waals surface area contributed by atoms with Crippen LogP contribution in [0.5, 0.6) is 0 Å². The molecule has 0 saturated heterocycles. The van der Waals surface area contributed by atoms with Gasteiger partial charge in [-0.15, -0.1) is 11.3 Å². The normalized spacial score (nSPS) is 10.9. The number of aliphatic carboxylic acids is 1. The van der Waals surface area contributed by atoms with Gasteiger partial charge in [0.15, 0.2) is 0 Å². The lowest BCUT2D eigenvalue weighted by Crippen LogP contribution is -2.28. The lowest BCUT2D eigenvalue weighted by molar-refractivity contribution is -0.137. The second kappa shape index (κ2) is 5.04. The van der Waals surface area contributed by atoms with Gasteiger partial charge >= 0.3 is 5.97 Å². The molecule has 2 heterocycles. The summed E-state index contributed by atoms with van der Waals surface area (Å²) >= 11 is 1.06. The van der Waals surface area contributed by atoms with Crippen LogP contribution in [0.1, 0.15) is 28.0 Å². The molecule has 0 atom stereocenters. The molecule has 0 aliphatic carbocycles. The first-order chi connectivity index (χ1) is 9.36. The number of aromatic nitrogens is 2. The van der Waals surface area contributed by atoms with Crippen molar-refractivity contribution >= 4 is 33.4 Å². The molecule has 0 radical (unpaired) electrons. The summed E-state index contributed by atoms with van der Waals surface area (Å²) in [6.45, 7) is 2.94. The average Bonchev–Trinajstić information content (AvgIpc) is 2.69. The molecule has 1 amide bonds. The number of hydrogen-bond acceptors (Lipinski definition) is 5. The number of carboxylic acids is 1. The Bertz CT molecular complexity index is 775. The van der Waals surface area contributed by atoms with Crippen molar-refractivity contribution in [3.05, 3.63) is 26.6 Å². The fourth-order valence-electron chi connectivity index (χ4n) is 2.06. The monoisotopic (exact) mass is 295 g/mol. The molecule has 0 spiro atoms. The molecule has 0 aliphatic rings. The molecule has 2 aromatic heterocycles. The third kappa shape index (κ3) is 2.18. The molecule has 2 rings (SSSR count). The molecule has 3 N–H and O–H groups in total. The van der Waals surface area contributed by atoms with Crippen LogP contribution in [0, 0.1) is 6.92 Å². The van der Waals surface area contributed by atoms with Crippen molar-refractivity contribution in [2.75, 3.05) is 0 Å². The molecule has 8 heteroatoms.